The molecule has 0 saturated carbocycles. The Labute approximate surface area is 182 Å². The number of hydrogen-bond acceptors (Lipinski definition) is 4. The van der Waals surface area contributed by atoms with Gasteiger partial charge in [-0.25, -0.2) is 9.37 Å². The highest BCUT2D eigenvalue weighted by Gasteiger charge is 2.20. The van der Waals surface area contributed by atoms with E-state index in [9.17, 15) is 4.39 Å². The van der Waals surface area contributed by atoms with Crippen LogP contribution in [0.1, 0.15) is 11.3 Å². The van der Waals surface area contributed by atoms with Crippen LogP contribution in [0.2, 0.25) is 10.2 Å². The number of halogens is 3. The molecule has 0 amide bonds. The average Bonchev–Trinajstić information content (AvgIpc) is 3.02. The lowest BCUT2D eigenvalue weighted by Gasteiger charge is -2.19. The second-order valence-electron chi connectivity index (χ2n) is 7.19. The summed E-state index contributed by atoms with van der Waals surface area (Å²) in [7, 11) is 0. The Morgan fingerprint density at radius 3 is 2.80 bits per heavy atom. The van der Waals surface area contributed by atoms with Crippen molar-refractivity contribution in [1.29, 1.82) is 0 Å². The van der Waals surface area contributed by atoms with Crippen molar-refractivity contribution in [2.24, 2.45) is 0 Å². The lowest BCUT2D eigenvalue weighted by Crippen LogP contribution is -2.25. The fourth-order valence-corrected chi connectivity index (χ4v) is 4.16. The van der Waals surface area contributed by atoms with Gasteiger partial charge in [-0.15, -0.1) is 0 Å². The van der Waals surface area contributed by atoms with Crippen LogP contribution in [0.25, 0.3) is 16.6 Å². The number of benzene rings is 2. The topological polar surface area (TPSA) is 43.2 Å². The third-order valence-electron chi connectivity index (χ3n) is 5.14. The molecule has 1 aliphatic rings. The smallest absolute Gasteiger partial charge is 0.147 e. The van der Waals surface area contributed by atoms with Crippen molar-refractivity contribution < 1.29 is 9.13 Å². The molecule has 0 unspecified atom stereocenters. The van der Waals surface area contributed by atoms with Gasteiger partial charge in [0.05, 0.1) is 28.6 Å². The highest BCUT2D eigenvalue weighted by molar-refractivity contribution is 6.32. The minimum Gasteiger partial charge on any atom is -0.490 e. The van der Waals surface area contributed by atoms with Crippen LogP contribution in [0.3, 0.4) is 0 Å². The van der Waals surface area contributed by atoms with E-state index in [4.69, 9.17) is 27.9 Å². The largest absolute Gasteiger partial charge is 0.490 e. The SMILES string of the molecule is Fc1ccc2c(ccn2-c2cc(Cl)c3c(c2)CN(Cc2cnc(Cl)cn2)CCO3)c1. The summed E-state index contributed by atoms with van der Waals surface area (Å²) in [5.74, 6) is 0.446. The van der Waals surface area contributed by atoms with Crippen LogP contribution in [-0.4, -0.2) is 32.6 Å². The summed E-state index contributed by atoms with van der Waals surface area (Å²) in [6.07, 6.45) is 5.15. The van der Waals surface area contributed by atoms with Crippen LogP contribution in [0.5, 0.6) is 5.75 Å². The second kappa shape index (κ2) is 7.87. The first kappa shape index (κ1) is 19.3. The van der Waals surface area contributed by atoms with Gasteiger partial charge in [0.15, 0.2) is 0 Å². The minimum atomic E-state index is -0.255. The third-order valence-corrected chi connectivity index (χ3v) is 5.62. The summed E-state index contributed by atoms with van der Waals surface area (Å²) < 4.78 is 21.5. The maximum absolute atomic E-state index is 13.6. The summed E-state index contributed by atoms with van der Waals surface area (Å²) in [5.41, 5.74) is 3.64. The molecule has 0 saturated heterocycles. The van der Waals surface area contributed by atoms with Gasteiger partial charge in [-0.05, 0) is 36.4 Å². The zero-order valence-corrected chi connectivity index (χ0v) is 17.4. The number of nitrogens with zero attached hydrogens (tertiary/aromatic N) is 4. The van der Waals surface area contributed by atoms with E-state index in [1.54, 1.807) is 18.5 Å². The molecule has 5 rings (SSSR count). The van der Waals surface area contributed by atoms with Crippen molar-refractivity contribution in [1.82, 2.24) is 19.4 Å². The first-order valence-electron chi connectivity index (χ1n) is 9.48. The van der Waals surface area contributed by atoms with Crippen molar-refractivity contribution in [3.63, 3.8) is 0 Å². The van der Waals surface area contributed by atoms with Crippen LogP contribution in [0.4, 0.5) is 4.39 Å². The Morgan fingerprint density at radius 1 is 1.07 bits per heavy atom. The van der Waals surface area contributed by atoms with Crippen LogP contribution < -0.4 is 4.74 Å². The van der Waals surface area contributed by atoms with Gasteiger partial charge in [0, 0.05) is 42.5 Å². The monoisotopic (exact) mass is 442 g/mol. The molecule has 8 heteroatoms. The molecule has 1 aliphatic heterocycles. The lowest BCUT2D eigenvalue weighted by molar-refractivity contribution is 0.217. The van der Waals surface area contributed by atoms with E-state index in [-0.39, 0.29) is 5.82 Å². The molecule has 3 heterocycles. The normalized spacial score (nSPS) is 14.4. The van der Waals surface area contributed by atoms with Crippen LogP contribution in [0, 0.1) is 5.82 Å². The molecule has 30 heavy (non-hydrogen) atoms. The van der Waals surface area contributed by atoms with Crippen LogP contribution >= 0.6 is 23.2 Å². The van der Waals surface area contributed by atoms with Gasteiger partial charge in [-0.3, -0.25) is 9.88 Å². The minimum absolute atomic E-state index is 0.255. The number of hydrogen-bond donors (Lipinski definition) is 0. The van der Waals surface area contributed by atoms with Gasteiger partial charge >= 0.3 is 0 Å². The molecule has 4 aromatic rings. The summed E-state index contributed by atoms with van der Waals surface area (Å²) >= 11 is 12.4. The zero-order chi connectivity index (χ0) is 20.7. The molecule has 5 nitrogen and oxygen atoms in total. The summed E-state index contributed by atoms with van der Waals surface area (Å²) in [6.45, 7) is 2.54. The third kappa shape index (κ3) is 3.74. The molecule has 2 aromatic carbocycles. The maximum atomic E-state index is 13.6. The van der Waals surface area contributed by atoms with Gasteiger partial charge in [-0.2, -0.15) is 0 Å². The van der Waals surface area contributed by atoms with Gasteiger partial charge in [0.25, 0.3) is 0 Å². The van der Waals surface area contributed by atoms with Gasteiger partial charge in [0.1, 0.15) is 23.3 Å². The highest BCUT2D eigenvalue weighted by atomic mass is 35.5. The molecule has 0 radical (unpaired) electrons. The van der Waals surface area contributed by atoms with E-state index in [2.05, 4.69) is 20.9 Å². The number of ether oxygens (including phenoxy) is 1. The summed E-state index contributed by atoms with van der Waals surface area (Å²) in [4.78, 5) is 10.7. The van der Waals surface area contributed by atoms with E-state index >= 15 is 0 Å². The average molecular weight is 443 g/mol. The Balaban J connectivity index is 1.49. The quantitative estimate of drug-likeness (QED) is 0.433. The van der Waals surface area contributed by atoms with Crippen molar-refractivity contribution in [2.75, 3.05) is 13.2 Å². The summed E-state index contributed by atoms with van der Waals surface area (Å²) in [5, 5.41) is 1.76. The van der Waals surface area contributed by atoms with Crippen molar-refractivity contribution in [3.05, 3.63) is 82.2 Å². The number of rotatable bonds is 3. The molecule has 0 spiro atoms. The predicted molar refractivity (Wildman–Crippen MR) is 115 cm³/mol. The Bertz CT molecular complexity index is 1230. The molecular weight excluding hydrogens is 426 g/mol. The zero-order valence-electron chi connectivity index (χ0n) is 15.9. The molecule has 152 valence electrons. The Hall–Kier alpha value is -2.67. The molecule has 0 aliphatic carbocycles. The molecule has 0 atom stereocenters. The van der Waals surface area contributed by atoms with E-state index in [1.165, 1.54) is 12.1 Å². The molecule has 0 bridgehead atoms. The van der Waals surface area contributed by atoms with Crippen molar-refractivity contribution in [3.8, 4) is 11.4 Å². The highest BCUT2D eigenvalue weighted by Crippen LogP contribution is 2.35. The van der Waals surface area contributed by atoms with Crippen molar-refractivity contribution in [2.45, 2.75) is 13.1 Å². The van der Waals surface area contributed by atoms with Crippen LogP contribution in [-0.2, 0) is 13.1 Å². The predicted octanol–water partition coefficient (Wildman–Crippen LogP) is 5.26. The van der Waals surface area contributed by atoms with Gasteiger partial charge < -0.3 is 9.30 Å². The standard InChI is InChI=1S/C22H17Cl2FN4O/c23-19-9-18(29-4-3-14-7-16(25)1-2-20(14)29)8-15-12-28(5-6-30-22(15)19)13-17-10-27-21(24)11-26-17/h1-4,7-11H,5-6,12-13H2. The first-order chi connectivity index (χ1) is 14.6. The molecule has 0 N–H and O–H groups in total. The number of fused-ring (bicyclic) bond motifs is 2. The van der Waals surface area contributed by atoms with E-state index in [1.807, 2.05) is 22.9 Å². The second-order valence-corrected chi connectivity index (χ2v) is 7.99. The van der Waals surface area contributed by atoms with Crippen molar-refractivity contribution >= 4 is 34.1 Å². The fraction of sp³-hybridized carbons (Fsp3) is 0.182. The van der Waals surface area contributed by atoms with E-state index < -0.39 is 0 Å². The molecular formula is C22H17Cl2FN4O. The molecule has 2 aromatic heterocycles. The molecule has 0 fully saturated rings. The maximum Gasteiger partial charge on any atom is 0.147 e. The fourth-order valence-electron chi connectivity index (χ4n) is 3.77. The van der Waals surface area contributed by atoms with Gasteiger partial charge in [-0.1, -0.05) is 23.2 Å². The van der Waals surface area contributed by atoms with Crippen LogP contribution in [0.15, 0.2) is 55.0 Å². The number of aromatic nitrogens is 3. The lowest BCUT2D eigenvalue weighted by atomic mass is 10.1. The Kier molecular flexibility index (Phi) is 5.06. The van der Waals surface area contributed by atoms with E-state index in [0.29, 0.717) is 35.6 Å². The first-order valence-corrected chi connectivity index (χ1v) is 10.2. The summed E-state index contributed by atoms with van der Waals surface area (Å²) in [6, 6.07) is 10.6. The van der Waals surface area contributed by atoms with Gasteiger partial charge in [0.2, 0.25) is 0 Å². The Morgan fingerprint density at radius 2 is 1.97 bits per heavy atom. The van der Waals surface area contributed by atoms with E-state index in [0.717, 1.165) is 34.4 Å².